The number of benzene rings is 1. The van der Waals surface area contributed by atoms with Gasteiger partial charge in [-0.05, 0) is 12.1 Å². The maximum atomic E-state index is 12.7. The third-order valence-electron chi connectivity index (χ3n) is 2.28. The standard InChI is InChI=1S/C11H6BrF3O2/c12-5-7-9(16)6-3-1-2-4-8(6)17-10(7)11(13,14)15/h1-4H,5H2. The molecule has 0 bridgehead atoms. The SMILES string of the molecule is O=c1c(CBr)c(C(F)(F)F)oc2ccccc12. The van der Waals surface area contributed by atoms with E-state index in [0.29, 0.717) is 0 Å². The predicted molar refractivity (Wildman–Crippen MR) is 60.1 cm³/mol. The van der Waals surface area contributed by atoms with Crippen molar-refractivity contribution >= 4 is 26.9 Å². The molecule has 1 aromatic carbocycles. The molecule has 90 valence electrons. The van der Waals surface area contributed by atoms with Gasteiger partial charge in [-0.15, -0.1) is 0 Å². The van der Waals surface area contributed by atoms with E-state index < -0.39 is 22.9 Å². The van der Waals surface area contributed by atoms with E-state index in [1.54, 1.807) is 6.07 Å². The molecule has 0 aliphatic heterocycles. The lowest BCUT2D eigenvalue weighted by Crippen LogP contribution is -2.17. The molecule has 0 saturated heterocycles. The van der Waals surface area contributed by atoms with Crippen LogP contribution < -0.4 is 5.43 Å². The van der Waals surface area contributed by atoms with E-state index in [9.17, 15) is 18.0 Å². The molecule has 2 rings (SSSR count). The van der Waals surface area contributed by atoms with Crippen molar-refractivity contribution in [2.75, 3.05) is 0 Å². The Morgan fingerprint density at radius 2 is 1.88 bits per heavy atom. The van der Waals surface area contributed by atoms with Crippen molar-refractivity contribution in [3.05, 3.63) is 45.8 Å². The van der Waals surface area contributed by atoms with Crippen molar-refractivity contribution < 1.29 is 17.6 Å². The van der Waals surface area contributed by atoms with Crippen LogP contribution in [0.2, 0.25) is 0 Å². The molecular weight excluding hydrogens is 301 g/mol. The molecule has 0 amide bonds. The number of hydrogen-bond acceptors (Lipinski definition) is 2. The van der Waals surface area contributed by atoms with Gasteiger partial charge in [-0.25, -0.2) is 0 Å². The van der Waals surface area contributed by atoms with Crippen LogP contribution in [-0.2, 0) is 11.5 Å². The van der Waals surface area contributed by atoms with Crippen molar-refractivity contribution in [2.24, 2.45) is 0 Å². The first-order valence-electron chi connectivity index (χ1n) is 4.63. The molecule has 0 atom stereocenters. The number of para-hydroxylation sites is 1. The van der Waals surface area contributed by atoms with Crippen LogP contribution in [-0.4, -0.2) is 0 Å². The molecule has 0 aliphatic carbocycles. The number of fused-ring (bicyclic) bond motifs is 1. The van der Waals surface area contributed by atoms with Gasteiger partial charge in [-0.2, -0.15) is 13.2 Å². The quantitative estimate of drug-likeness (QED) is 0.752. The summed E-state index contributed by atoms with van der Waals surface area (Å²) < 4.78 is 42.8. The fourth-order valence-corrected chi connectivity index (χ4v) is 2.04. The highest BCUT2D eigenvalue weighted by Crippen LogP contribution is 2.33. The van der Waals surface area contributed by atoms with E-state index in [1.165, 1.54) is 18.2 Å². The monoisotopic (exact) mass is 306 g/mol. The summed E-state index contributed by atoms with van der Waals surface area (Å²) in [6.45, 7) is 0. The zero-order valence-corrected chi connectivity index (χ0v) is 9.93. The lowest BCUT2D eigenvalue weighted by atomic mass is 10.1. The number of alkyl halides is 4. The van der Waals surface area contributed by atoms with Gasteiger partial charge in [-0.3, -0.25) is 4.79 Å². The van der Waals surface area contributed by atoms with E-state index in [0.717, 1.165) is 0 Å². The van der Waals surface area contributed by atoms with Crippen molar-refractivity contribution in [3.63, 3.8) is 0 Å². The average molecular weight is 307 g/mol. The Hall–Kier alpha value is -1.30. The first-order chi connectivity index (χ1) is 7.95. The van der Waals surface area contributed by atoms with Gasteiger partial charge in [-0.1, -0.05) is 28.1 Å². The third-order valence-corrected chi connectivity index (χ3v) is 2.84. The van der Waals surface area contributed by atoms with E-state index in [1.807, 2.05) is 0 Å². The molecule has 17 heavy (non-hydrogen) atoms. The number of halogens is 4. The maximum absolute atomic E-state index is 12.7. The van der Waals surface area contributed by atoms with Crippen LogP contribution in [0.25, 0.3) is 11.0 Å². The normalized spacial score (nSPS) is 12.0. The van der Waals surface area contributed by atoms with Crippen LogP contribution in [0, 0.1) is 0 Å². The summed E-state index contributed by atoms with van der Waals surface area (Å²) in [5, 5.41) is -0.0513. The molecule has 0 unspecified atom stereocenters. The highest BCUT2D eigenvalue weighted by atomic mass is 79.9. The summed E-state index contributed by atoms with van der Waals surface area (Å²) in [5.41, 5.74) is -1.12. The molecule has 0 aliphatic rings. The van der Waals surface area contributed by atoms with E-state index >= 15 is 0 Å². The van der Waals surface area contributed by atoms with Crippen LogP contribution in [0.4, 0.5) is 13.2 Å². The van der Waals surface area contributed by atoms with Crippen LogP contribution in [0.3, 0.4) is 0 Å². The molecule has 0 spiro atoms. The second-order valence-corrected chi connectivity index (χ2v) is 3.93. The summed E-state index contributed by atoms with van der Waals surface area (Å²) in [7, 11) is 0. The number of rotatable bonds is 1. The summed E-state index contributed by atoms with van der Waals surface area (Å²) in [4.78, 5) is 11.8. The molecule has 2 nitrogen and oxygen atoms in total. The first kappa shape index (κ1) is 12.2. The van der Waals surface area contributed by atoms with E-state index in [-0.39, 0.29) is 16.3 Å². The van der Waals surface area contributed by atoms with Gasteiger partial charge in [0.1, 0.15) is 5.58 Å². The summed E-state index contributed by atoms with van der Waals surface area (Å²) in [6, 6.07) is 5.86. The maximum Gasteiger partial charge on any atom is 0.450 e. The summed E-state index contributed by atoms with van der Waals surface area (Å²) in [6.07, 6.45) is -4.67. The minimum atomic E-state index is -4.67. The van der Waals surface area contributed by atoms with Crippen molar-refractivity contribution in [1.82, 2.24) is 0 Å². The lowest BCUT2D eigenvalue weighted by Gasteiger charge is -2.10. The molecule has 0 N–H and O–H groups in total. The van der Waals surface area contributed by atoms with Gasteiger partial charge in [0, 0.05) is 5.33 Å². The second-order valence-electron chi connectivity index (χ2n) is 3.37. The van der Waals surface area contributed by atoms with E-state index in [4.69, 9.17) is 4.42 Å². The average Bonchev–Trinajstić information content (AvgIpc) is 2.28. The Labute approximate surface area is 102 Å². The lowest BCUT2D eigenvalue weighted by molar-refractivity contribution is -0.153. The highest BCUT2D eigenvalue weighted by Gasteiger charge is 2.38. The van der Waals surface area contributed by atoms with Gasteiger partial charge in [0.25, 0.3) is 0 Å². The van der Waals surface area contributed by atoms with Gasteiger partial charge >= 0.3 is 6.18 Å². The first-order valence-corrected chi connectivity index (χ1v) is 5.75. The molecule has 1 heterocycles. The molecule has 0 fully saturated rings. The zero-order chi connectivity index (χ0) is 12.6. The van der Waals surface area contributed by atoms with Crippen molar-refractivity contribution in [1.29, 1.82) is 0 Å². The second kappa shape index (κ2) is 4.18. The van der Waals surface area contributed by atoms with Gasteiger partial charge in [0.2, 0.25) is 5.76 Å². The minimum absolute atomic E-state index is 0.0606. The molecule has 0 radical (unpaired) electrons. The fraction of sp³-hybridized carbons (Fsp3) is 0.182. The molecule has 6 heteroatoms. The van der Waals surface area contributed by atoms with Gasteiger partial charge in [0.05, 0.1) is 10.9 Å². The molecule has 2 aromatic rings. The summed E-state index contributed by atoms with van der Waals surface area (Å²) >= 11 is 2.88. The largest absolute Gasteiger partial charge is 0.451 e. The Bertz CT molecular complexity index is 616. The van der Waals surface area contributed by atoms with Gasteiger partial charge < -0.3 is 4.42 Å². The van der Waals surface area contributed by atoms with Crippen molar-refractivity contribution in [3.8, 4) is 0 Å². The Morgan fingerprint density at radius 1 is 1.24 bits per heavy atom. The fourth-order valence-electron chi connectivity index (χ4n) is 1.53. The minimum Gasteiger partial charge on any atom is -0.451 e. The van der Waals surface area contributed by atoms with Crippen LogP contribution in [0.5, 0.6) is 0 Å². The Balaban J connectivity index is 2.90. The van der Waals surface area contributed by atoms with Crippen LogP contribution in [0.1, 0.15) is 11.3 Å². The van der Waals surface area contributed by atoms with E-state index in [2.05, 4.69) is 15.9 Å². The Morgan fingerprint density at radius 3 is 2.47 bits per heavy atom. The van der Waals surface area contributed by atoms with Gasteiger partial charge in [0.15, 0.2) is 5.43 Å². The highest BCUT2D eigenvalue weighted by molar-refractivity contribution is 9.08. The number of hydrogen-bond donors (Lipinski definition) is 0. The Kier molecular flexibility index (Phi) is 2.99. The predicted octanol–water partition coefficient (Wildman–Crippen LogP) is 3.71. The summed E-state index contributed by atoms with van der Waals surface area (Å²) in [5.74, 6) is -1.24. The smallest absolute Gasteiger partial charge is 0.450 e. The molecule has 1 aromatic heterocycles. The molecular formula is C11H6BrF3O2. The van der Waals surface area contributed by atoms with Crippen molar-refractivity contribution in [2.45, 2.75) is 11.5 Å². The molecule has 0 saturated carbocycles. The van der Waals surface area contributed by atoms with Crippen LogP contribution in [0.15, 0.2) is 33.5 Å². The van der Waals surface area contributed by atoms with Crippen LogP contribution >= 0.6 is 15.9 Å². The topological polar surface area (TPSA) is 30.2 Å². The third kappa shape index (κ3) is 2.09. The zero-order valence-electron chi connectivity index (χ0n) is 8.34.